The number of rotatable bonds is 6. The normalized spacial score (nSPS) is 11.0. The molecule has 0 aliphatic rings. The molecule has 0 fully saturated rings. The molecule has 0 spiro atoms. The molecule has 0 aliphatic carbocycles. The molecule has 0 saturated carbocycles. The van der Waals surface area contributed by atoms with Gasteiger partial charge in [-0.3, -0.25) is 9.59 Å². The van der Waals surface area contributed by atoms with Crippen molar-refractivity contribution in [2.75, 3.05) is 0 Å². The van der Waals surface area contributed by atoms with E-state index in [0.29, 0.717) is 22.8 Å². The molecule has 2 heterocycles. The summed E-state index contributed by atoms with van der Waals surface area (Å²) < 4.78 is 10.8. The fourth-order valence-corrected chi connectivity index (χ4v) is 2.42. The monoisotopic (exact) mass is 360 g/mol. The van der Waals surface area contributed by atoms with E-state index in [-0.39, 0.29) is 17.9 Å². The zero-order valence-corrected chi connectivity index (χ0v) is 14.6. The van der Waals surface area contributed by atoms with Crippen LogP contribution in [0.3, 0.4) is 0 Å². The van der Waals surface area contributed by atoms with Crippen molar-refractivity contribution in [1.29, 1.82) is 5.26 Å². The molecule has 0 radical (unpaired) electrons. The molecule has 1 N–H and O–H groups in total. The first-order valence-corrected chi connectivity index (χ1v) is 8.20. The van der Waals surface area contributed by atoms with E-state index in [2.05, 4.69) is 5.32 Å². The number of carbonyl (C=O) groups excluding carboxylic acids is 2. The predicted octanol–water partition coefficient (Wildman–Crippen LogP) is 3.97. The van der Waals surface area contributed by atoms with Gasteiger partial charge in [-0.2, -0.15) is 5.26 Å². The van der Waals surface area contributed by atoms with Gasteiger partial charge in [-0.05, 0) is 31.2 Å². The van der Waals surface area contributed by atoms with E-state index in [9.17, 15) is 14.9 Å². The van der Waals surface area contributed by atoms with Gasteiger partial charge in [0.25, 0.3) is 5.91 Å². The number of furan rings is 2. The summed E-state index contributed by atoms with van der Waals surface area (Å²) in [5, 5.41) is 11.9. The van der Waals surface area contributed by atoms with E-state index in [1.54, 1.807) is 48.5 Å². The highest BCUT2D eigenvalue weighted by molar-refractivity contribution is 6.01. The second-order valence-electron chi connectivity index (χ2n) is 5.77. The Labute approximate surface area is 155 Å². The number of carbonyl (C=O) groups is 2. The number of amides is 1. The first kappa shape index (κ1) is 18.0. The number of hydrogen-bond acceptors (Lipinski definition) is 5. The Kier molecular flexibility index (Phi) is 5.33. The summed E-state index contributed by atoms with van der Waals surface area (Å²) in [5.74, 6) is 1.02. The summed E-state index contributed by atoms with van der Waals surface area (Å²) in [6.07, 6.45) is 2.89. The lowest BCUT2D eigenvalue weighted by Crippen LogP contribution is -2.23. The number of nitrogens with one attached hydrogen (secondary N) is 1. The third-order valence-electron chi connectivity index (χ3n) is 3.86. The van der Waals surface area contributed by atoms with Crippen molar-refractivity contribution in [2.24, 2.45) is 0 Å². The Bertz CT molecular complexity index is 1020. The number of nitriles is 1. The molecule has 0 aliphatic heterocycles. The van der Waals surface area contributed by atoms with Gasteiger partial charge in [0, 0.05) is 17.2 Å². The van der Waals surface area contributed by atoms with Crippen LogP contribution in [0.15, 0.2) is 69.2 Å². The largest absolute Gasteiger partial charge is 0.467 e. The SMILES string of the molecule is CC(=O)c1ccc(-c2ccc(/C=C(\C#N)C(=O)NCc3ccco3)o2)cc1. The van der Waals surface area contributed by atoms with Gasteiger partial charge >= 0.3 is 0 Å². The van der Waals surface area contributed by atoms with Crippen LogP contribution in [0.25, 0.3) is 17.4 Å². The molecular weight excluding hydrogens is 344 g/mol. The van der Waals surface area contributed by atoms with Crippen molar-refractivity contribution >= 4 is 17.8 Å². The Morgan fingerprint density at radius 1 is 1.15 bits per heavy atom. The maximum absolute atomic E-state index is 12.1. The van der Waals surface area contributed by atoms with Crippen LogP contribution in [0.2, 0.25) is 0 Å². The minimum atomic E-state index is -0.516. The van der Waals surface area contributed by atoms with Crippen molar-refractivity contribution in [2.45, 2.75) is 13.5 Å². The van der Waals surface area contributed by atoms with Crippen molar-refractivity contribution < 1.29 is 18.4 Å². The third-order valence-corrected chi connectivity index (χ3v) is 3.86. The molecule has 0 saturated heterocycles. The third kappa shape index (κ3) is 4.41. The summed E-state index contributed by atoms with van der Waals surface area (Å²) >= 11 is 0. The second-order valence-corrected chi connectivity index (χ2v) is 5.77. The topological polar surface area (TPSA) is 96.2 Å². The molecule has 1 amide bonds. The number of benzene rings is 1. The molecule has 0 bridgehead atoms. The lowest BCUT2D eigenvalue weighted by molar-refractivity contribution is -0.117. The van der Waals surface area contributed by atoms with Crippen molar-refractivity contribution in [1.82, 2.24) is 5.32 Å². The van der Waals surface area contributed by atoms with Gasteiger partial charge in [0.05, 0.1) is 12.8 Å². The maximum atomic E-state index is 12.1. The summed E-state index contributed by atoms with van der Waals surface area (Å²) in [4.78, 5) is 23.5. The Morgan fingerprint density at radius 2 is 1.93 bits per heavy atom. The Balaban J connectivity index is 1.72. The summed E-state index contributed by atoms with van der Waals surface area (Å²) in [5.41, 5.74) is 1.33. The fourth-order valence-electron chi connectivity index (χ4n) is 2.42. The standard InChI is InChI=1S/C21H16N2O4/c1-14(24)15-4-6-16(7-5-15)20-9-8-18(27-20)11-17(12-22)21(25)23-13-19-3-2-10-26-19/h2-11H,13H2,1H3,(H,23,25)/b17-11+. The van der Waals surface area contributed by atoms with Crippen LogP contribution in [-0.2, 0) is 11.3 Å². The number of hydrogen-bond donors (Lipinski definition) is 1. The predicted molar refractivity (Wildman–Crippen MR) is 98.3 cm³/mol. The van der Waals surface area contributed by atoms with Gasteiger partial charge in [-0.25, -0.2) is 0 Å². The smallest absolute Gasteiger partial charge is 0.262 e. The van der Waals surface area contributed by atoms with E-state index in [0.717, 1.165) is 5.56 Å². The molecule has 6 nitrogen and oxygen atoms in total. The average molecular weight is 360 g/mol. The maximum Gasteiger partial charge on any atom is 0.262 e. The summed E-state index contributed by atoms with van der Waals surface area (Å²) in [6.45, 7) is 1.70. The van der Waals surface area contributed by atoms with E-state index in [1.165, 1.54) is 19.3 Å². The first-order valence-electron chi connectivity index (χ1n) is 8.20. The van der Waals surface area contributed by atoms with Crippen LogP contribution >= 0.6 is 0 Å². The van der Waals surface area contributed by atoms with Crippen molar-refractivity contribution in [3.8, 4) is 17.4 Å². The number of Topliss-reactive ketones (excluding diaryl/α,β-unsaturated/α-hetero) is 1. The molecule has 0 unspecified atom stereocenters. The molecule has 2 aromatic heterocycles. The highest BCUT2D eigenvalue weighted by Gasteiger charge is 2.11. The van der Waals surface area contributed by atoms with Crippen molar-refractivity contribution in [3.05, 3.63) is 77.5 Å². The van der Waals surface area contributed by atoms with E-state index >= 15 is 0 Å². The molecule has 0 atom stereocenters. The van der Waals surface area contributed by atoms with Gasteiger partial charge < -0.3 is 14.2 Å². The fraction of sp³-hybridized carbons (Fsp3) is 0.0952. The van der Waals surface area contributed by atoms with Crippen LogP contribution in [0, 0.1) is 11.3 Å². The Morgan fingerprint density at radius 3 is 2.56 bits per heavy atom. The quantitative estimate of drug-likeness (QED) is 0.408. The zero-order valence-electron chi connectivity index (χ0n) is 14.6. The second kappa shape index (κ2) is 8.02. The summed E-state index contributed by atoms with van der Waals surface area (Å²) in [6, 6.07) is 15.7. The molecule has 134 valence electrons. The van der Waals surface area contributed by atoms with Gasteiger partial charge in [0.1, 0.15) is 28.9 Å². The molecule has 3 aromatic rings. The lowest BCUT2D eigenvalue weighted by Gasteiger charge is -2.01. The highest BCUT2D eigenvalue weighted by Crippen LogP contribution is 2.24. The van der Waals surface area contributed by atoms with E-state index in [1.807, 2.05) is 6.07 Å². The van der Waals surface area contributed by atoms with Gasteiger partial charge in [-0.15, -0.1) is 0 Å². The van der Waals surface area contributed by atoms with Gasteiger partial charge in [0.15, 0.2) is 5.78 Å². The van der Waals surface area contributed by atoms with E-state index < -0.39 is 5.91 Å². The average Bonchev–Trinajstić information content (AvgIpc) is 3.36. The lowest BCUT2D eigenvalue weighted by atomic mass is 10.1. The molecule has 1 aromatic carbocycles. The van der Waals surface area contributed by atoms with Gasteiger partial charge in [-0.1, -0.05) is 24.3 Å². The highest BCUT2D eigenvalue weighted by atomic mass is 16.3. The van der Waals surface area contributed by atoms with Crippen LogP contribution in [0.5, 0.6) is 0 Å². The number of ketones is 1. The van der Waals surface area contributed by atoms with Crippen LogP contribution in [0.4, 0.5) is 0 Å². The molecular formula is C21H16N2O4. The molecule has 6 heteroatoms. The minimum Gasteiger partial charge on any atom is -0.467 e. The van der Waals surface area contributed by atoms with Crippen molar-refractivity contribution in [3.63, 3.8) is 0 Å². The first-order chi connectivity index (χ1) is 13.1. The molecule has 27 heavy (non-hydrogen) atoms. The molecule has 3 rings (SSSR count). The zero-order chi connectivity index (χ0) is 19.2. The van der Waals surface area contributed by atoms with Crippen LogP contribution in [0.1, 0.15) is 28.8 Å². The van der Waals surface area contributed by atoms with Crippen LogP contribution < -0.4 is 5.32 Å². The minimum absolute atomic E-state index is 0.0103. The van der Waals surface area contributed by atoms with E-state index in [4.69, 9.17) is 8.83 Å². The van der Waals surface area contributed by atoms with Gasteiger partial charge in [0.2, 0.25) is 0 Å². The van der Waals surface area contributed by atoms with Crippen LogP contribution in [-0.4, -0.2) is 11.7 Å². The Hall–Kier alpha value is -3.85. The number of nitrogens with zero attached hydrogens (tertiary/aromatic N) is 1. The summed E-state index contributed by atoms with van der Waals surface area (Å²) in [7, 11) is 0.